The van der Waals surface area contributed by atoms with Crippen LogP contribution in [0.3, 0.4) is 0 Å². The highest BCUT2D eigenvalue weighted by molar-refractivity contribution is 7.99. The van der Waals surface area contributed by atoms with E-state index in [4.69, 9.17) is 4.74 Å². The molecule has 0 atom stereocenters. The van der Waals surface area contributed by atoms with Crippen molar-refractivity contribution in [3.05, 3.63) is 42.1 Å². The van der Waals surface area contributed by atoms with E-state index in [2.05, 4.69) is 32.7 Å². The van der Waals surface area contributed by atoms with Crippen LogP contribution in [-0.2, 0) is 24.8 Å². The Morgan fingerprint density at radius 2 is 2.04 bits per heavy atom. The summed E-state index contributed by atoms with van der Waals surface area (Å²) in [5.74, 6) is 1.45. The molecule has 9 heteroatoms. The van der Waals surface area contributed by atoms with E-state index < -0.39 is 0 Å². The quantitative estimate of drug-likeness (QED) is 0.554. The van der Waals surface area contributed by atoms with E-state index in [0.29, 0.717) is 30.0 Å². The van der Waals surface area contributed by atoms with Gasteiger partial charge in [-0.3, -0.25) is 9.48 Å². The Morgan fingerprint density at radius 3 is 2.75 bits per heavy atom. The number of hydrogen-bond donors (Lipinski definition) is 1. The van der Waals surface area contributed by atoms with Gasteiger partial charge in [-0.25, -0.2) is 0 Å². The van der Waals surface area contributed by atoms with Gasteiger partial charge in [0.1, 0.15) is 5.56 Å². The van der Waals surface area contributed by atoms with Crippen LogP contribution in [0.4, 0.5) is 0 Å². The maximum atomic E-state index is 12.2. The van der Waals surface area contributed by atoms with Gasteiger partial charge in [-0.05, 0) is 18.9 Å². The minimum Gasteiger partial charge on any atom is -0.479 e. The first-order valence-corrected chi connectivity index (χ1v) is 10.1. The first kappa shape index (κ1) is 19.9. The molecule has 28 heavy (non-hydrogen) atoms. The van der Waals surface area contributed by atoms with Crippen molar-refractivity contribution in [2.24, 2.45) is 7.05 Å². The van der Waals surface area contributed by atoms with Gasteiger partial charge in [-0.1, -0.05) is 42.1 Å². The molecule has 0 fully saturated rings. The predicted molar refractivity (Wildman–Crippen MR) is 108 cm³/mol. The molecule has 148 valence electrons. The Labute approximate surface area is 168 Å². The molecule has 0 aliphatic rings. The monoisotopic (exact) mass is 400 g/mol. The summed E-state index contributed by atoms with van der Waals surface area (Å²) < 4.78 is 8.96. The highest BCUT2D eigenvalue weighted by atomic mass is 32.2. The lowest BCUT2D eigenvalue weighted by molar-refractivity contribution is -0.118. The molecular formula is C19H24N6O2S. The zero-order valence-electron chi connectivity index (χ0n) is 16.3. The zero-order valence-corrected chi connectivity index (χ0v) is 17.1. The van der Waals surface area contributed by atoms with Crippen molar-refractivity contribution >= 4 is 17.7 Å². The Bertz CT molecular complexity index is 922. The van der Waals surface area contributed by atoms with Crippen molar-refractivity contribution in [2.75, 3.05) is 19.4 Å². The minimum atomic E-state index is -0.0212. The van der Waals surface area contributed by atoms with E-state index in [0.717, 1.165) is 12.0 Å². The molecule has 0 saturated heterocycles. The summed E-state index contributed by atoms with van der Waals surface area (Å²) in [6, 6.07) is 10.1. The topological polar surface area (TPSA) is 86.9 Å². The molecule has 0 radical (unpaired) electrons. The molecule has 2 aromatic heterocycles. The van der Waals surface area contributed by atoms with Gasteiger partial charge in [0.25, 0.3) is 0 Å². The second-order valence-electron chi connectivity index (χ2n) is 6.15. The van der Waals surface area contributed by atoms with E-state index in [-0.39, 0.29) is 11.7 Å². The first-order chi connectivity index (χ1) is 13.6. The number of aryl methyl sites for hydroxylation is 1. The number of nitrogens with one attached hydrogen (secondary N) is 1. The van der Waals surface area contributed by atoms with Gasteiger partial charge in [0.05, 0.1) is 12.9 Å². The highest BCUT2D eigenvalue weighted by Gasteiger charge is 2.20. The first-order valence-electron chi connectivity index (χ1n) is 9.07. The second-order valence-corrected chi connectivity index (χ2v) is 7.09. The summed E-state index contributed by atoms with van der Waals surface area (Å²) in [7, 11) is 3.40. The number of aromatic nitrogens is 5. The van der Waals surface area contributed by atoms with Crippen LogP contribution in [0.1, 0.15) is 12.5 Å². The number of amides is 1. The van der Waals surface area contributed by atoms with Crippen molar-refractivity contribution in [1.82, 2.24) is 29.9 Å². The van der Waals surface area contributed by atoms with Crippen LogP contribution < -0.4 is 10.1 Å². The largest absolute Gasteiger partial charge is 0.479 e. The number of ether oxygens (including phenoxy) is 1. The summed E-state index contributed by atoms with van der Waals surface area (Å²) in [6.07, 6.45) is 2.66. The van der Waals surface area contributed by atoms with Gasteiger partial charge in [0.2, 0.25) is 11.8 Å². The van der Waals surface area contributed by atoms with E-state index >= 15 is 0 Å². The molecule has 0 unspecified atom stereocenters. The molecule has 0 aliphatic heterocycles. The second kappa shape index (κ2) is 9.41. The predicted octanol–water partition coefficient (Wildman–Crippen LogP) is 2.16. The summed E-state index contributed by atoms with van der Waals surface area (Å²) in [4.78, 5) is 12.2. The maximum Gasteiger partial charge on any atom is 0.243 e. The lowest BCUT2D eigenvalue weighted by Crippen LogP contribution is -2.27. The fourth-order valence-electron chi connectivity index (χ4n) is 2.82. The van der Waals surface area contributed by atoms with Crippen LogP contribution in [0.25, 0.3) is 11.4 Å². The molecule has 1 amide bonds. The van der Waals surface area contributed by atoms with Crippen molar-refractivity contribution in [3.8, 4) is 17.3 Å². The number of benzene rings is 1. The molecule has 0 spiro atoms. The van der Waals surface area contributed by atoms with Gasteiger partial charge < -0.3 is 14.6 Å². The van der Waals surface area contributed by atoms with Crippen molar-refractivity contribution in [1.29, 1.82) is 0 Å². The van der Waals surface area contributed by atoms with Gasteiger partial charge in [-0.15, -0.1) is 15.3 Å². The number of rotatable bonds is 9. The van der Waals surface area contributed by atoms with Crippen LogP contribution in [0.15, 0.2) is 41.7 Å². The molecule has 3 rings (SSSR count). The molecule has 0 saturated carbocycles. The highest BCUT2D eigenvalue weighted by Crippen LogP contribution is 2.29. The molecule has 1 N–H and O–H groups in total. The zero-order chi connectivity index (χ0) is 19.9. The number of nitrogens with zero attached hydrogens (tertiary/aromatic N) is 5. The summed E-state index contributed by atoms with van der Waals surface area (Å²) in [5, 5.41) is 16.4. The Morgan fingerprint density at radius 1 is 1.25 bits per heavy atom. The standard InChI is InChI=1S/C19H24N6O2S/c1-4-25-17(15-12-24(2)23-18(15)27-3)21-22-19(25)28-13-16(26)20-11-10-14-8-6-5-7-9-14/h5-9,12H,4,10-11,13H2,1-3H3,(H,20,26). The molecule has 0 aliphatic carbocycles. The Balaban J connectivity index is 1.58. The average molecular weight is 401 g/mol. The summed E-state index contributed by atoms with van der Waals surface area (Å²) in [6.45, 7) is 3.31. The third-order valence-corrected chi connectivity index (χ3v) is 5.14. The van der Waals surface area contributed by atoms with Crippen LogP contribution in [-0.4, -0.2) is 49.9 Å². The average Bonchev–Trinajstić information content (AvgIpc) is 3.29. The third-order valence-electron chi connectivity index (χ3n) is 4.17. The normalized spacial score (nSPS) is 10.8. The molecule has 1 aromatic carbocycles. The smallest absolute Gasteiger partial charge is 0.243 e. The molecular weight excluding hydrogens is 376 g/mol. The summed E-state index contributed by atoms with van der Waals surface area (Å²) in [5.41, 5.74) is 1.98. The lowest BCUT2D eigenvalue weighted by Gasteiger charge is -2.08. The van der Waals surface area contributed by atoms with Gasteiger partial charge in [0, 0.05) is 26.3 Å². The molecule has 3 aromatic rings. The van der Waals surface area contributed by atoms with E-state index in [1.54, 1.807) is 11.8 Å². The minimum absolute atomic E-state index is 0.0212. The number of carbonyl (C=O) groups excluding carboxylic acids is 1. The van der Waals surface area contributed by atoms with E-state index in [9.17, 15) is 4.79 Å². The number of hydrogen-bond acceptors (Lipinski definition) is 6. The third kappa shape index (κ3) is 4.72. The molecule has 0 bridgehead atoms. The van der Waals surface area contributed by atoms with Crippen LogP contribution in [0, 0.1) is 0 Å². The lowest BCUT2D eigenvalue weighted by atomic mass is 10.1. The van der Waals surface area contributed by atoms with Crippen molar-refractivity contribution in [2.45, 2.75) is 25.0 Å². The Kier molecular flexibility index (Phi) is 6.70. The number of methoxy groups -OCH3 is 1. The van der Waals surface area contributed by atoms with Crippen LogP contribution in [0.2, 0.25) is 0 Å². The Hall–Kier alpha value is -2.81. The fraction of sp³-hybridized carbons (Fsp3) is 0.368. The van der Waals surface area contributed by atoms with Crippen LogP contribution >= 0.6 is 11.8 Å². The van der Waals surface area contributed by atoms with Crippen LogP contribution in [0.5, 0.6) is 5.88 Å². The summed E-state index contributed by atoms with van der Waals surface area (Å²) >= 11 is 1.37. The van der Waals surface area contributed by atoms with Gasteiger partial charge in [-0.2, -0.15) is 0 Å². The van der Waals surface area contributed by atoms with Crippen molar-refractivity contribution < 1.29 is 9.53 Å². The number of carbonyl (C=O) groups is 1. The fourth-order valence-corrected chi connectivity index (χ4v) is 3.66. The SMILES string of the molecule is CCn1c(SCC(=O)NCCc2ccccc2)nnc1-c1cn(C)nc1OC. The van der Waals surface area contributed by atoms with Gasteiger partial charge >= 0.3 is 0 Å². The van der Waals surface area contributed by atoms with E-state index in [1.807, 2.05) is 42.9 Å². The molecule has 8 nitrogen and oxygen atoms in total. The number of thioether (sulfide) groups is 1. The molecule has 2 heterocycles. The maximum absolute atomic E-state index is 12.2. The van der Waals surface area contributed by atoms with Crippen molar-refractivity contribution in [3.63, 3.8) is 0 Å². The van der Waals surface area contributed by atoms with E-state index in [1.165, 1.54) is 17.3 Å². The van der Waals surface area contributed by atoms with Gasteiger partial charge in [0.15, 0.2) is 11.0 Å².